The van der Waals surface area contributed by atoms with Gasteiger partial charge in [-0.25, -0.2) is 10.8 Å². The number of aliphatic hydroxyl groups is 1. The Morgan fingerprint density at radius 3 is 3.07 bits per heavy atom. The lowest BCUT2D eigenvalue weighted by molar-refractivity contribution is 0.189. The first-order valence-electron chi connectivity index (χ1n) is 4.57. The van der Waals surface area contributed by atoms with Crippen molar-refractivity contribution in [3.8, 4) is 0 Å². The summed E-state index contributed by atoms with van der Waals surface area (Å²) in [7, 11) is 0. The van der Waals surface area contributed by atoms with Crippen LogP contribution in [0.5, 0.6) is 0 Å². The van der Waals surface area contributed by atoms with Gasteiger partial charge in [0.1, 0.15) is 5.82 Å². The van der Waals surface area contributed by atoms with E-state index in [9.17, 15) is 0 Å². The quantitative estimate of drug-likeness (QED) is 0.408. The molecule has 1 unspecified atom stereocenters. The number of aromatic nitrogens is 1. The molecule has 0 bridgehead atoms. The normalized spacial score (nSPS) is 12.2. The monoisotopic (exact) mass is 196 g/mol. The minimum absolute atomic E-state index is 0.281. The Bertz CT molecular complexity index is 277. The fourth-order valence-corrected chi connectivity index (χ4v) is 1.04. The number of aliphatic hydroxyl groups excluding tert-OH is 1. The number of hydrogen-bond donors (Lipinski definition) is 4. The number of nitrogens with one attached hydrogen (secondary N) is 2. The molecule has 1 aromatic rings. The molecule has 5 nitrogen and oxygen atoms in total. The molecule has 0 aliphatic carbocycles. The molecule has 0 saturated carbocycles. The summed E-state index contributed by atoms with van der Waals surface area (Å²) in [5.74, 6) is 5.83. The molecular formula is C9H16N4O. The lowest BCUT2D eigenvalue weighted by Gasteiger charge is -2.08. The van der Waals surface area contributed by atoms with Crippen LogP contribution < -0.4 is 16.6 Å². The van der Waals surface area contributed by atoms with Crippen molar-refractivity contribution in [3.63, 3.8) is 0 Å². The van der Waals surface area contributed by atoms with Crippen LogP contribution in [0.2, 0.25) is 0 Å². The second-order valence-corrected chi connectivity index (χ2v) is 3.14. The van der Waals surface area contributed by atoms with Gasteiger partial charge in [-0.1, -0.05) is 0 Å². The van der Waals surface area contributed by atoms with E-state index < -0.39 is 0 Å². The third-order valence-corrected chi connectivity index (χ3v) is 1.80. The van der Waals surface area contributed by atoms with Crippen molar-refractivity contribution in [1.29, 1.82) is 0 Å². The van der Waals surface area contributed by atoms with Gasteiger partial charge in [-0.15, -0.1) is 0 Å². The number of hydrogen-bond acceptors (Lipinski definition) is 5. The Kier molecular flexibility index (Phi) is 4.15. The first kappa shape index (κ1) is 10.7. The molecule has 1 atom stereocenters. The predicted octanol–water partition coefficient (Wildman–Crippen LogP) is 0.550. The molecule has 0 aliphatic heterocycles. The maximum atomic E-state index is 9.05. The van der Waals surface area contributed by atoms with Crippen LogP contribution in [-0.2, 0) is 0 Å². The topological polar surface area (TPSA) is 83.2 Å². The molecule has 0 amide bonds. The second-order valence-electron chi connectivity index (χ2n) is 3.14. The van der Waals surface area contributed by atoms with E-state index in [1.54, 1.807) is 13.1 Å². The highest BCUT2D eigenvalue weighted by atomic mass is 16.3. The standard InChI is InChI=1S/C9H16N4O/c1-7(14)2-4-11-8-3-5-12-9(6-8)13-10/h3,5-7,14H,2,4,10H2,1H3,(H2,11,12,13). The van der Waals surface area contributed by atoms with Crippen molar-refractivity contribution < 1.29 is 5.11 Å². The molecule has 78 valence electrons. The Labute approximate surface area is 83.3 Å². The van der Waals surface area contributed by atoms with Crippen molar-refractivity contribution in [2.75, 3.05) is 17.3 Å². The van der Waals surface area contributed by atoms with Gasteiger partial charge in [0.25, 0.3) is 0 Å². The molecule has 0 saturated heterocycles. The summed E-state index contributed by atoms with van der Waals surface area (Å²) in [6.07, 6.45) is 2.10. The van der Waals surface area contributed by atoms with Crippen molar-refractivity contribution in [1.82, 2.24) is 4.98 Å². The number of nitrogen functional groups attached to an aromatic ring is 1. The van der Waals surface area contributed by atoms with Crippen LogP contribution in [0.3, 0.4) is 0 Å². The highest BCUT2D eigenvalue weighted by molar-refractivity contribution is 5.51. The van der Waals surface area contributed by atoms with Crippen molar-refractivity contribution in [2.45, 2.75) is 19.4 Å². The lowest BCUT2D eigenvalue weighted by Crippen LogP contribution is -2.11. The zero-order valence-corrected chi connectivity index (χ0v) is 8.20. The maximum absolute atomic E-state index is 9.05. The minimum Gasteiger partial charge on any atom is -0.393 e. The molecule has 1 rings (SSSR count). The smallest absolute Gasteiger partial charge is 0.141 e. The van der Waals surface area contributed by atoms with E-state index >= 15 is 0 Å². The van der Waals surface area contributed by atoms with Crippen LogP contribution in [-0.4, -0.2) is 22.7 Å². The third-order valence-electron chi connectivity index (χ3n) is 1.80. The first-order chi connectivity index (χ1) is 6.72. The van der Waals surface area contributed by atoms with E-state index in [2.05, 4.69) is 15.7 Å². The summed E-state index contributed by atoms with van der Waals surface area (Å²) >= 11 is 0. The van der Waals surface area contributed by atoms with E-state index in [4.69, 9.17) is 10.9 Å². The Hall–Kier alpha value is -1.33. The molecule has 0 aromatic carbocycles. The summed E-state index contributed by atoms with van der Waals surface area (Å²) in [6, 6.07) is 3.66. The Balaban J connectivity index is 2.42. The molecule has 0 aliphatic rings. The molecule has 1 heterocycles. The zero-order valence-electron chi connectivity index (χ0n) is 8.20. The highest BCUT2D eigenvalue weighted by Crippen LogP contribution is 2.10. The summed E-state index contributed by atoms with van der Waals surface area (Å²) < 4.78 is 0. The summed E-state index contributed by atoms with van der Waals surface area (Å²) in [5, 5.41) is 12.2. The average Bonchev–Trinajstić information content (AvgIpc) is 2.18. The fraction of sp³-hybridized carbons (Fsp3) is 0.444. The van der Waals surface area contributed by atoms with Crippen molar-refractivity contribution in [2.24, 2.45) is 5.84 Å². The number of hydrazine groups is 1. The predicted molar refractivity (Wildman–Crippen MR) is 56.8 cm³/mol. The van der Waals surface area contributed by atoms with Crippen LogP contribution in [0.1, 0.15) is 13.3 Å². The number of pyridine rings is 1. The first-order valence-corrected chi connectivity index (χ1v) is 4.57. The Morgan fingerprint density at radius 2 is 2.43 bits per heavy atom. The average molecular weight is 196 g/mol. The van der Waals surface area contributed by atoms with Crippen molar-refractivity contribution >= 4 is 11.5 Å². The molecule has 0 fully saturated rings. The summed E-state index contributed by atoms with van der Waals surface area (Å²) in [6.45, 7) is 2.49. The molecule has 5 N–H and O–H groups in total. The van der Waals surface area contributed by atoms with Gasteiger partial charge in [0.05, 0.1) is 6.10 Å². The largest absolute Gasteiger partial charge is 0.393 e. The minimum atomic E-state index is -0.281. The van der Waals surface area contributed by atoms with E-state index in [0.717, 1.165) is 12.2 Å². The van der Waals surface area contributed by atoms with E-state index in [0.29, 0.717) is 12.2 Å². The number of anilines is 2. The van der Waals surface area contributed by atoms with Gasteiger partial charge in [-0.3, -0.25) is 0 Å². The zero-order chi connectivity index (χ0) is 10.4. The molecule has 14 heavy (non-hydrogen) atoms. The second kappa shape index (κ2) is 5.41. The molecule has 0 spiro atoms. The van der Waals surface area contributed by atoms with Gasteiger partial charge >= 0.3 is 0 Å². The van der Waals surface area contributed by atoms with Gasteiger partial charge in [0.2, 0.25) is 0 Å². The Morgan fingerprint density at radius 1 is 1.64 bits per heavy atom. The number of nitrogens with two attached hydrogens (primary N) is 1. The van der Waals surface area contributed by atoms with Crippen molar-refractivity contribution in [3.05, 3.63) is 18.3 Å². The number of rotatable bonds is 5. The molecular weight excluding hydrogens is 180 g/mol. The third kappa shape index (κ3) is 3.59. The van der Waals surface area contributed by atoms with Crippen LogP contribution in [0.15, 0.2) is 18.3 Å². The molecule has 1 aromatic heterocycles. The summed E-state index contributed by atoms with van der Waals surface area (Å²) in [5.41, 5.74) is 3.40. The van der Waals surface area contributed by atoms with E-state index in [1.165, 1.54) is 0 Å². The van der Waals surface area contributed by atoms with Crippen LogP contribution in [0.25, 0.3) is 0 Å². The van der Waals surface area contributed by atoms with Gasteiger partial charge < -0.3 is 15.8 Å². The van der Waals surface area contributed by atoms with Crippen LogP contribution >= 0.6 is 0 Å². The molecule has 5 heteroatoms. The number of nitrogens with zero attached hydrogens (tertiary/aromatic N) is 1. The van der Waals surface area contributed by atoms with E-state index in [1.807, 2.05) is 12.1 Å². The van der Waals surface area contributed by atoms with E-state index in [-0.39, 0.29) is 6.10 Å². The van der Waals surface area contributed by atoms with Crippen LogP contribution in [0, 0.1) is 0 Å². The lowest BCUT2D eigenvalue weighted by atomic mass is 10.3. The van der Waals surface area contributed by atoms with Gasteiger partial charge in [0.15, 0.2) is 0 Å². The maximum Gasteiger partial charge on any atom is 0.141 e. The van der Waals surface area contributed by atoms with Crippen LogP contribution in [0.4, 0.5) is 11.5 Å². The molecule has 0 radical (unpaired) electrons. The highest BCUT2D eigenvalue weighted by Gasteiger charge is 1.97. The summed E-state index contributed by atoms with van der Waals surface area (Å²) in [4.78, 5) is 3.98. The SMILES string of the molecule is CC(O)CCNc1ccnc(NN)c1. The van der Waals surface area contributed by atoms with Gasteiger partial charge in [-0.2, -0.15) is 0 Å². The van der Waals surface area contributed by atoms with Gasteiger partial charge in [0, 0.05) is 24.5 Å². The van der Waals surface area contributed by atoms with Gasteiger partial charge in [-0.05, 0) is 19.4 Å². The fourth-order valence-electron chi connectivity index (χ4n) is 1.04.